The van der Waals surface area contributed by atoms with E-state index < -0.39 is 0 Å². The van der Waals surface area contributed by atoms with Crippen molar-refractivity contribution in [3.8, 4) is 22.5 Å². The molecule has 0 aliphatic heterocycles. The van der Waals surface area contributed by atoms with E-state index in [1.165, 1.54) is 84.8 Å². The Morgan fingerprint density at radius 2 is 0.694 bits per heavy atom. The number of hydrogen-bond acceptors (Lipinski definition) is 2. The number of thiophene rings is 1. The van der Waals surface area contributed by atoms with Gasteiger partial charge in [-0.1, -0.05) is 140 Å². The van der Waals surface area contributed by atoms with Crippen molar-refractivity contribution in [2.24, 2.45) is 0 Å². The molecule has 2 heterocycles. The van der Waals surface area contributed by atoms with Gasteiger partial charge in [-0.25, -0.2) is 4.98 Å². The fraction of sp³-hybridized carbons (Fsp3) is 0. The van der Waals surface area contributed by atoms with Crippen LogP contribution in [0.1, 0.15) is 0 Å². The van der Waals surface area contributed by atoms with Gasteiger partial charge in [-0.15, -0.1) is 11.3 Å². The second-order valence-corrected chi connectivity index (χ2v) is 14.1. The molecule has 226 valence electrons. The fourth-order valence-corrected chi connectivity index (χ4v) is 9.38. The highest BCUT2D eigenvalue weighted by Gasteiger charge is 2.18. The van der Waals surface area contributed by atoms with E-state index in [0.29, 0.717) is 0 Å². The molecule has 9 aromatic carbocycles. The molecule has 49 heavy (non-hydrogen) atoms. The van der Waals surface area contributed by atoms with E-state index in [4.69, 9.17) is 4.98 Å². The largest absolute Gasteiger partial charge is 0.246 e. The number of rotatable bonds is 2. The number of hydrogen-bond donors (Lipinski definition) is 0. The van der Waals surface area contributed by atoms with Crippen LogP contribution in [0.2, 0.25) is 0 Å². The van der Waals surface area contributed by atoms with E-state index in [1.54, 1.807) is 0 Å². The van der Waals surface area contributed by atoms with Crippen LogP contribution in [0, 0.1) is 0 Å². The summed E-state index contributed by atoms with van der Waals surface area (Å²) in [5.74, 6) is 0. The topological polar surface area (TPSA) is 12.9 Å². The molecule has 0 N–H and O–H groups in total. The highest BCUT2D eigenvalue weighted by molar-refractivity contribution is 7.26. The van der Waals surface area contributed by atoms with Gasteiger partial charge in [0.1, 0.15) is 0 Å². The molecule has 0 saturated heterocycles. The molecular weight excluding hydrogens is 611 g/mol. The van der Waals surface area contributed by atoms with Gasteiger partial charge in [0.15, 0.2) is 0 Å². The number of pyridine rings is 1. The second kappa shape index (κ2) is 10.2. The maximum atomic E-state index is 5.55. The van der Waals surface area contributed by atoms with Crippen molar-refractivity contribution in [2.75, 3.05) is 0 Å². The molecule has 0 radical (unpaired) electrons. The lowest BCUT2D eigenvalue weighted by Crippen LogP contribution is -1.91. The van der Waals surface area contributed by atoms with Crippen molar-refractivity contribution in [1.82, 2.24) is 4.98 Å². The third-order valence-corrected chi connectivity index (χ3v) is 11.6. The number of benzene rings is 9. The highest BCUT2D eigenvalue weighted by atomic mass is 32.1. The second-order valence-electron chi connectivity index (χ2n) is 13.0. The summed E-state index contributed by atoms with van der Waals surface area (Å²) in [4.78, 5) is 5.55. The normalized spacial score (nSPS) is 12.1. The molecular formula is C47H27NS. The molecule has 0 fully saturated rings. The van der Waals surface area contributed by atoms with Gasteiger partial charge in [0.05, 0.1) is 16.1 Å². The molecule has 0 atom stereocenters. The van der Waals surface area contributed by atoms with E-state index in [-0.39, 0.29) is 0 Å². The number of nitrogens with zero attached hydrogens (tertiary/aromatic N) is 1. The standard InChI is InChI=1S/C47H27NS/c1-3-15-34-30(11-1)32-13-5-7-17-36(32)41-25-28(21-23-38(34)41)44-27-43-40-19-9-10-20-45(40)49-47(43)46(48-44)29-22-24-39-35-16-4-2-12-31(35)33-14-6-8-18-37(33)42(39)26-29/h1-27H. The van der Waals surface area contributed by atoms with E-state index in [0.717, 1.165) is 22.5 Å². The minimum Gasteiger partial charge on any atom is -0.246 e. The van der Waals surface area contributed by atoms with Crippen molar-refractivity contribution in [2.45, 2.75) is 0 Å². The van der Waals surface area contributed by atoms with Crippen molar-refractivity contribution in [1.29, 1.82) is 0 Å². The third-order valence-electron chi connectivity index (χ3n) is 10.4. The first-order valence-corrected chi connectivity index (χ1v) is 17.6. The molecule has 2 heteroatoms. The summed E-state index contributed by atoms with van der Waals surface area (Å²) in [5, 5.41) is 17.9. The number of aromatic nitrogens is 1. The minimum atomic E-state index is 0.994. The van der Waals surface area contributed by atoms with Gasteiger partial charge in [-0.2, -0.15) is 0 Å². The Balaban J connectivity index is 1.21. The van der Waals surface area contributed by atoms with Crippen LogP contribution < -0.4 is 0 Å². The molecule has 2 aromatic heterocycles. The molecule has 0 spiro atoms. The van der Waals surface area contributed by atoms with Gasteiger partial charge >= 0.3 is 0 Å². The molecule has 0 unspecified atom stereocenters. The predicted octanol–water partition coefficient (Wildman–Crippen LogP) is 13.7. The van der Waals surface area contributed by atoms with Crippen molar-refractivity contribution >= 4 is 96.1 Å². The van der Waals surface area contributed by atoms with Crippen LogP contribution in [0.25, 0.3) is 107 Å². The summed E-state index contributed by atoms with van der Waals surface area (Å²) >= 11 is 1.84. The van der Waals surface area contributed by atoms with Gasteiger partial charge in [-0.05, 0) is 88.9 Å². The van der Waals surface area contributed by atoms with Gasteiger partial charge in [0.25, 0.3) is 0 Å². The van der Waals surface area contributed by atoms with E-state index in [2.05, 4.69) is 164 Å². The summed E-state index contributed by atoms with van der Waals surface area (Å²) in [5.41, 5.74) is 4.30. The maximum Gasteiger partial charge on any atom is 0.0888 e. The first-order valence-electron chi connectivity index (χ1n) is 16.8. The molecule has 0 amide bonds. The van der Waals surface area contributed by atoms with Crippen LogP contribution in [0.5, 0.6) is 0 Å². The van der Waals surface area contributed by atoms with Crippen LogP contribution in [0.3, 0.4) is 0 Å². The number of fused-ring (bicyclic) bond motifs is 15. The molecule has 0 aliphatic rings. The molecule has 0 aliphatic carbocycles. The van der Waals surface area contributed by atoms with Gasteiger partial charge in [-0.3, -0.25) is 0 Å². The fourth-order valence-electron chi connectivity index (χ4n) is 8.19. The zero-order valence-corrected chi connectivity index (χ0v) is 27.3. The van der Waals surface area contributed by atoms with Gasteiger partial charge in [0.2, 0.25) is 0 Å². The Morgan fingerprint density at radius 3 is 1.20 bits per heavy atom. The lowest BCUT2D eigenvalue weighted by molar-refractivity contribution is 1.37. The summed E-state index contributed by atoms with van der Waals surface area (Å²) in [6.07, 6.45) is 0. The summed E-state index contributed by atoms with van der Waals surface area (Å²) in [7, 11) is 0. The van der Waals surface area contributed by atoms with Crippen LogP contribution in [0.15, 0.2) is 164 Å². The van der Waals surface area contributed by atoms with Gasteiger partial charge in [0, 0.05) is 26.6 Å². The van der Waals surface area contributed by atoms with Crippen LogP contribution in [0.4, 0.5) is 0 Å². The maximum absolute atomic E-state index is 5.55. The molecule has 1 nitrogen and oxygen atoms in total. The molecule has 11 aromatic rings. The Bertz CT molecular complexity index is 3100. The van der Waals surface area contributed by atoms with E-state index >= 15 is 0 Å². The van der Waals surface area contributed by atoms with Crippen LogP contribution in [-0.4, -0.2) is 4.98 Å². The minimum absolute atomic E-state index is 0.994. The Kier molecular flexibility index (Phi) is 5.61. The Labute approximate surface area is 286 Å². The lowest BCUT2D eigenvalue weighted by Gasteiger charge is -2.14. The Hall–Kier alpha value is -6.09. The zero-order chi connectivity index (χ0) is 32.1. The van der Waals surface area contributed by atoms with Crippen molar-refractivity contribution in [3.63, 3.8) is 0 Å². The average molecular weight is 638 g/mol. The van der Waals surface area contributed by atoms with Crippen molar-refractivity contribution in [3.05, 3.63) is 164 Å². The van der Waals surface area contributed by atoms with E-state index in [1.807, 2.05) is 11.3 Å². The summed E-state index contributed by atoms with van der Waals surface area (Å²) in [6, 6.07) is 60.1. The lowest BCUT2D eigenvalue weighted by atomic mass is 9.92. The monoisotopic (exact) mass is 637 g/mol. The molecule has 0 bridgehead atoms. The molecule has 0 saturated carbocycles. The quantitative estimate of drug-likeness (QED) is 0.172. The first-order chi connectivity index (χ1) is 24.3. The first kappa shape index (κ1) is 26.9. The van der Waals surface area contributed by atoms with E-state index in [9.17, 15) is 0 Å². The van der Waals surface area contributed by atoms with Crippen LogP contribution >= 0.6 is 11.3 Å². The van der Waals surface area contributed by atoms with Crippen molar-refractivity contribution < 1.29 is 0 Å². The summed E-state index contributed by atoms with van der Waals surface area (Å²) < 4.78 is 2.51. The highest BCUT2D eigenvalue weighted by Crippen LogP contribution is 2.44. The smallest absolute Gasteiger partial charge is 0.0888 e. The predicted molar refractivity (Wildman–Crippen MR) is 213 cm³/mol. The molecule has 11 rings (SSSR count). The Morgan fingerprint density at radius 1 is 0.306 bits per heavy atom. The average Bonchev–Trinajstić information content (AvgIpc) is 3.56. The van der Waals surface area contributed by atoms with Crippen LogP contribution in [-0.2, 0) is 0 Å². The van der Waals surface area contributed by atoms with Gasteiger partial charge < -0.3 is 0 Å². The zero-order valence-electron chi connectivity index (χ0n) is 26.4. The SMILES string of the molecule is c1ccc2c(c1)sc1c(-c3ccc4c5ccccc5c5ccccc5c4c3)nc(-c3ccc4c5ccccc5c5ccccc5c4c3)cc12. The third kappa shape index (κ3) is 3.90. The summed E-state index contributed by atoms with van der Waals surface area (Å²) in [6.45, 7) is 0.